The first-order valence-corrected chi connectivity index (χ1v) is 4.57. The molecule has 0 aromatic heterocycles. The van der Waals surface area contributed by atoms with Crippen LogP contribution >= 0.6 is 15.9 Å². The zero-order chi connectivity index (χ0) is 8.97. The standard InChI is InChI=1S/C10H11BrO/c1-2-4-10(12)8-5-3-6-9(11)7-8/h2-3,5-7,10,12H,1,4H2/t10-/m0/s1. The van der Waals surface area contributed by atoms with Crippen molar-refractivity contribution >= 4 is 15.9 Å². The van der Waals surface area contributed by atoms with Crippen LogP contribution in [-0.4, -0.2) is 5.11 Å². The van der Waals surface area contributed by atoms with E-state index in [1.807, 2.05) is 24.3 Å². The molecule has 0 aliphatic heterocycles. The molecule has 0 unspecified atom stereocenters. The maximum atomic E-state index is 9.55. The van der Waals surface area contributed by atoms with Crippen LogP contribution in [0, 0.1) is 0 Å². The molecular formula is C10H11BrO. The minimum absolute atomic E-state index is 0.431. The van der Waals surface area contributed by atoms with Crippen molar-refractivity contribution in [1.29, 1.82) is 0 Å². The Labute approximate surface area is 80.9 Å². The first-order chi connectivity index (χ1) is 5.74. The highest BCUT2D eigenvalue weighted by Gasteiger charge is 2.04. The zero-order valence-electron chi connectivity index (χ0n) is 6.70. The van der Waals surface area contributed by atoms with Gasteiger partial charge in [-0.2, -0.15) is 0 Å². The van der Waals surface area contributed by atoms with Crippen molar-refractivity contribution in [3.8, 4) is 0 Å². The van der Waals surface area contributed by atoms with Crippen LogP contribution in [-0.2, 0) is 0 Å². The summed E-state index contributed by atoms with van der Waals surface area (Å²) in [7, 11) is 0. The molecule has 0 spiro atoms. The summed E-state index contributed by atoms with van der Waals surface area (Å²) in [5, 5.41) is 9.55. The Balaban J connectivity index is 2.80. The van der Waals surface area contributed by atoms with Gasteiger partial charge in [-0.25, -0.2) is 0 Å². The number of rotatable bonds is 3. The summed E-state index contributed by atoms with van der Waals surface area (Å²) in [5.41, 5.74) is 0.921. The fraction of sp³-hybridized carbons (Fsp3) is 0.200. The number of hydrogen-bond acceptors (Lipinski definition) is 1. The molecule has 1 atom stereocenters. The second kappa shape index (κ2) is 4.43. The number of aliphatic hydroxyl groups is 1. The first kappa shape index (κ1) is 9.49. The van der Waals surface area contributed by atoms with Crippen LogP contribution in [0.2, 0.25) is 0 Å². The normalized spacial score (nSPS) is 12.5. The van der Waals surface area contributed by atoms with Crippen molar-refractivity contribution in [1.82, 2.24) is 0 Å². The van der Waals surface area contributed by atoms with Gasteiger partial charge in [0.25, 0.3) is 0 Å². The van der Waals surface area contributed by atoms with Crippen LogP contribution in [0.1, 0.15) is 18.1 Å². The van der Waals surface area contributed by atoms with Crippen molar-refractivity contribution in [2.75, 3.05) is 0 Å². The van der Waals surface area contributed by atoms with E-state index in [0.29, 0.717) is 6.42 Å². The smallest absolute Gasteiger partial charge is 0.0824 e. The van der Waals surface area contributed by atoms with Gasteiger partial charge in [-0.3, -0.25) is 0 Å². The molecule has 1 aromatic rings. The van der Waals surface area contributed by atoms with Crippen molar-refractivity contribution in [3.05, 3.63) is 47.0 Å². The van der Waals surface area contributed by atoms with Gasteiger partial charge in [-0.15, -0.1) is 6.58 Å². The highest BCUT2D eigenvalue weighted by molar-refractivity contribution is 9.10. The van der Waals surface area contributed by atoms with E-state index < -0.39 is 6.10 Å². The molecule has 0 bridgehead atoms. The highest BCUT2D eigenvalue weighted by atomic mass is 79.9. The maximum absolute atomic E-state index is 9.55. The van der Waals surface area contributed by atoms with Gasteiger partial charge >= 0.3 is 0 Å². The van der Waals surface area contributed by atoms with Crippen LogP contribution in [0.4, 0.5) is 0 Å². The van der Waals surface area contributed by atoms with Gasteiger partial charge in [0.1, 0.15) is 0 Å². The molecule has 12 heavy (non-hydrogen) atoms. The molecule has 0 saturated heterocycles. The third-order valence-electron chi connectivity index (χ3n) is 1.62. The number of aliphatic hydroxyl groups excluding tert-OH is 1. The lowest BCUT2D eigenvalue weighted by Crippen LogP contribution is -1.94. The summed E-state index contributed by atoms with van der Waals surface area (Å²) in [6.07, 6.45) is 1.88. The van der Waals surface area contributed by atoms with E-state index in [2.05, 4.69) is 22.5 Å². The average molecular weight is 227 g/mol. The van der Waals surface area contributed by atoms with Crippen LogP contribution < -0.4 is 0 Å². The Bertz CT molecular complexity index is 270. The predicted octanol–water partition coefficient (Wildman–Crippen LogP) is 3.06. The lowest BCUT2D eigenvalue weighted by atomic mass is 10.1. The molecule has 0 fully saturated rings. The van der Waals surface area contributed by atoms with Crippen molar-refractivity contribution in [2.24, 2.45) is 0 Å². The minimum atomic E-state index is -0.431. The van der Waals surface area contributed by atoms with Gasteiger partial charge in [0.15, 0.2) is 0 Å². The molecule has 1 N–H and O–H groups in total. The lowest BCUT2D eigenvalue weighted by Gasteiger charge is -2.07. The Morgan fingerprint density at radius 3 is 2.92 bits per heavy atom. The lowest BCUT2D eigenvalue weighted by molar-refractivity contribution is 0.181. The molecule has 1 aromatic carbocycles. The van der Waals surface area contributed by atoms with Crippen molar-refractivity contribution in [3.63, 3.8) is 0 Å². The fourth-order valence-electron chi connectivity index (χ4n) is 1.01. The molecule has 0 aliphatic rings. The van der Waals surface area contributed by atoms with Gasteiger partial charge in [-0.1, -0.05) is 34.1 Å². The van der Waals surface area contributed by atoms with Crippen LogP contribution in [0.15, 0.2) is 41.4 Å². The number of halogens is 1. The van der Waals surface area contributed by atoms with Gasteiger partial charge in [0, 0.05) is 4.47 Å². The molecule has 1 rings (SSSR count). The summed E-state index contributed by atoms with van der Waals surface area (Å²) in [6.45, 7) is 3.58. The maximum Gasteiger partial charge on any atom is 0.0824 e. The topological polar surface area (TPSA) is 20.2 Å². The largest absolute Gasteiger partial charge is 0.388 e. The third-order valence-corrected chi connectivity index (χ3v) is 2.12. The molecule has 0 amide bonds. The van der Waals surface area contributed by atoms with E-state index >= 15 is 0 Å². The van der Waals surface area contributed by atoms with Crippen LogP contribution in [0.5, 0.6) is 0 Å². The average Bonchev–Trinajstić information content (AvgIpc) is 2.05. The van der Waals surface area contributed by atoms with E-state index in [0.717, 1.165) is 10.0 Å². The van der Waals surface area contributed by atoms with Crippen molar-refractivity contribution in [2.45, 2.75) is 12.5 Å². The molecule has 1 nitrogen and oxygen atoms in total. The summed E-state index contributed by atoms with van der Waals surface area (Å²) >= 11 is 3.34. The second-order valence-corrected chi connectivity index (χ2v) is 3.51. The Kier molecular flexibility index (Phi) is 3.50. The zero-order valence-corrected chi connectivity index (χ0v) is 8.29. The summed E-state index contributed by atoms with van der Waals surface area (Å²) in [5.74, 6) is 0. The third kappa shape index (κ3) is 2.47. The van der Waals surface area contributed by atoms with Gasteiger partial charge in [0.2, 0.25) is 0 Å². The Hall–Kier alpha value is -0.600. The fourth-order valence-corrected chi connectivity index (χ4v) is 1.42. The molecule has 0 aliphatic carbocycles. The molecule has 64 valence electrons. The minimum Gasteiger partial charge on any atom is -0.388 e. The first-order valence-electron chi connectivity index (χ1n) is 3.78. The number of benzene rings is 1. The SMILES string of the molecule is C=CC[C@H](O)c1cccc(Br)c1. The van der Waals surface area contributed by atoms with Crippen LogP contribution in [0.25, 0.3) is 0 Å². The van der Waals surface area contributed by atoms with Gasteiger partial charge < -0.3 is 5.11 Å². The summed E-state index contributed by atoms with van der Waals surface area (Å²) in [4.78, 5) is 0. The molecule has 0 radical (unpaired) electrons. The highest BCUT2D eigenvalue weighted by Crippen LogP contribution is 2.20. The van der Waals surface area contributed by atoms with Crippen LogP contribution in [0.3, 0.4) is 0 Å². The molecular weight excluding hydrogens is 216 g/mol. The second-order valence-electron chi connectivity index (χ2n) is 2.60. The van der Waals surface area contributed by atoms with E-state index in [-0.39, 0.29) is 0 Å². The van der Waals surface area contributed by atoms with E-state index in [4.69, 9.17) is 0 Å². The molecule has 0 saturated carbocycles. The molecule has 2 heteroatoms. The van der Waals surface area contributed by atoms with E-state index in [9.17, 15) is 5.11 Å². The summed E-state index contributed by atoms with van der Waals surface area (Å²) < 4.78 is 0.989. The summed E-state index contributed by atoms with van der Waals surface area (Å²) in [6, 6.07) is 7.66. The van der Waals surface area contributed by atoms with Gasteiger partial charge in [-0.05, 0) is 24.1 Å². The van der Waals surface area contributed by atoms with Crippen molar-refractivity contribution < 1.29 is 5.11 Å². The van der Waals surface area contributed by atoms with E-state index in [1.165, 1.54) is 0 Å². The van der Waals surface area contributed by atoms with E-state index in [1.54, 1.807) is 6.08 Å². The quantitative estimate of drug-likeness (QED) is 0.786. The monoisotopic (exact) mass is 226 g/mol. The Morgan fingerprint density at radius 2 is 2.33 bits per heavy atom. The van der Waals surface area contributed by atoms with Gasteiger partial charge in [0.05, 0.1) is 6.10 Å². The predicted molar refractivity (Wildman–Crippen MR) is 53.9 cm³/mol. The Morgan fingerprint density at radius 1 is 1.58 bits per heavy atom. The molecule has 0 heterocycles. The number of hydrogen-bond donors (Lipinski definition) is 1.